The van der Waals surface area contributed by atoms with Crippen LogP contribution in [0.3, 0.4) is 0 Å². The highest BCUT2D eigenvalue weighted by molar-refractivity contribution is 6.28. The number of aryl methyl sites for hydroxylation is 2. The lowest BCUT2D eigenvalue weighted by Gasteiger charge is -2.29. The van der Waals surface area contributed by atoms with Gasteiger partial charge in [-0.3, -0.25) is 0 Å². The molecule has 0 bridgehead atoms. The normalized spacial score (nSPS) is 12.3. The Labute approximate surface area is 360 Å². The second-order valence-electron chi connectivity index (χ2n) is 17.8. The largest absolute Gasteiger partial charge is 0.454 e. The molecule has 0 fully saturated rings. The topological polar surface area (TPSA) is 32.8 Å². The number of nitrogens with zero attached hydrogens (tertiary/aromatic N) is 2. The lowest BCUT2D eigenvalue weighted by Crippen LogP contribution is -2.13. The molecule has 0 amide bonds. The fourth-order valence-corrected chi connectivity index (χ4v) is 9.91. The number of hydrogen-bond acceptors (Lipinski definition) is 4. The SMILES string of the molecule is Cc1cccc2c1oc1c(N(c3ccccc3)c3ccc4ccc5c(N(c6ccc(C(C)(C)C)cc6)c6cccc7c6oc6c(C)cccc67)ccc6ccc3c4c65)cccc12. The molecule has 2 heterocycles. The van der Waals surface area contributed by atoms with Gasteiger partial charge in [-0.1, -0.05) is 148 Å². The van der Waals surface area contributed by atoms with Crippen molar-refractivity contribution in [3.05, 3.63) is 193 Å². The van der Waals surface area contributed by atoms with Gasteiger partial charge < -0.3 is 18.6 Å². The Kier molecular flexibility index (Phi) is 7.89. The van der Waals surface area contributed by atoms with Crippen LogP contribution in [0.1, 0.15) is 37.5 Å². The summed E-state index contributed by atoms with van der Waals surface area (Å²) < 4.78 is 13.7. The van der Waals surface area contributed by atoms with E-state index in [2.05, 4.69) is 220 Å². The summed E-state index contributed by atoms with van der Waals surface area (Å²) in [5.74, 6) is 0. The summed E-state index contributed by atoms with van der Waals surface area (Å²) in [6.07, 6.45) is 0. The second kappa shape index (κ2) is 13.5. The van der Waals surface area contributed by atoms with Crippen molar-refractivity contribution >= 4 is 110 Å². The maximum atomic E-state index is 6.87. The number of furan rings is 2. The third-order valence-electron chi connectivity index (χ3n) is 13.0. The second-order valence-corrected chi connectivity index (χ2v) is 17.8. The maximum Gasteiger partial charge on any atom is 0.159 e. The molecule has 0 aliphatic rings. The van der Waals surface area contributed by atoms with Crippen LogP contribution in [0, 0.1) is 13.8 Å². The molecular formula is C58H44N2O2. The van der Waals surface area contributed by atoms with Crippen LogP contribution in [0.4, 0.5) is 34.1 Å². The minimum Gasteiger partial charge on any atom is -0.454 e. The van der Waals surface area contributed by atoms with E-state index in [0.717, 1.165) is 89.1 Å². The molecule has 4 heteroatoms. The molecule has 0 spiro atoms. The van der Waals surface area contributed by atoms with Gasteiger partial charge in [-0.2, -0.15) is 0 Å². The van der Waals surface area contributed by atoms with Gasteiger partial charge in [0.1, 0.15) is 11.2 Å². The minimum atomic E-state index is 0.0207. The standard InChI is InChI=1S/C58H44N2O2/c1-35-13-9-17-42-44-19-11-21-50(56(44)61-54(35)42)59(40-15-7-6-8-16-40)48-33-25-37-24-32-47-49(34-26-38-23-31-46(48)52(37)53(38)47)60(41-29-27-39(28-30-41)58(3,4)5)51-22-12-20-45-43-18-10-14-36(2)55(43)62-57(45)51/h6-34H,1-5H3. The molecule has 0 unspecified atom stereocenters. The van der Waals surface area contributed by atoms with Gasteiger partial charge in [0.05, 0.1) is 22.7 Å². The van der Waals surface area contributed by atoms with Gasteiger partial charge in [0.25, 0.3) is 0 Å². The molecule has 4 nitrogen and oxygen atoms in total. The number of fused-ring (bicyclic) bond motifs is 6. The van der Waals surface area contributed by atoms with Crippen LogP contribution < -0.4 is 9.80 Å². The number of rotatable bonds is 6. The average Bonchev–Trinajstić information content (AvgIpc) is 3.88. The Morgan fingerprint density at radius 2 is 0.758 bits per heavy atom. The highest BCUT2D eigenvalue weighted by Gasteiger charge is 2.26. The van der Waals surface area contributed by atoms with Crippen LogP contribution in [0.5, 0.6) is 0 Å². The number of benzene rings is 10. The Hall–Kier alpha value is -7.56. The first-order valence-corrected chi connectivity index (χ1v) is 21.5. The smallest absolute Gasteiger partial charge is 0.159 e. The van der Waals surface area contributed by atoms with Crippen LogP contribution >= 0.6 is 0 Å². The Morgan fingerprint density at radius 3 is 1.23 bits per heavy atom. The summed E-state index contributed by atoms with van der Waals surface area (Å²) in [5, 5.41) is 11.7. The van der Waals surface area contributed by atoms with E-state index in [1.54, 1.807) is 0 Å². The molecule has 12 aromatic rings. The van der Waals surface area contributed by atoms with E-state index >= 15 is 0 Å². The van der Waals surface area contributed by atoms with Crippen molar-refractivity contribution in [2.75, 3.05) is 9.80 Å². The summed E-state index contributed by atoms with van der Waals surface area (Å²) in [6.45, 7) is 11.0. The molecule has 0 N–H and O–H groups in total. The molecule has 0 aliphatic carbocycles. The van der Waals surface area contributed by atoms with E-state index in [1.165, 1.54) is 37.9 Å². The summed E-state index contributed by atoms with van der Waals surface area (Å²) in [5.41, 5.74) is 13.5. The first-order valence-electron chi connectivity index (χ1n) is 21.5. The summed E-state index contributed by atoms with van der Waals surface area (Å²) in [4.78, 5) is 4.78. The van der Waals surface area contributed by atoms with Crippen molar-refractivity contribution in [1.82, 2.24) is 0 Å². The predicted octanol–water partition coefficient (Wildman–Crippen LogP) is 17.2. The summed E-state index contributed by atoms with van der Waals surface area (Å²) >= 11 is 0. The van der Waals surface area contributed by atoms with Crippen molar-refractivity contribution in [3.8, 4) is 0 Å². The van der Waals surface area contributed by atoms with E-state index in [0.29, 0.717) is 0 Å². The third-order valence-corrected chi connectivity index (χ3v) is 13.0. The van der Waals surface area contributed by atoms with Gasteiger partial charge in [-0.05, 0) is 106 Å². The van der Waals surface area contributed by atoms with Crippen LogP contribution in [-0.2, 0) is 5.41 Å². The summed E-state index contributed by atoms with van der Waals surface area (Å²) in [7, 11) is 0. The fourth-order valence-electron chi connectivity index (χ4n) is 9.91. The van der Waals surface area contributed by atoms with Crippen LogP contribution in [-0.4, -0.2) is 0 Å². The van der Waals surface area contributed by atoms with Crippen molar-refractivity contribution < 1.29 is 8.83 Å². The monoisotopic (exact) mass is 800 g/mol. The van der Waals surface area contributed by atoms with Gasteiger partial charge >= 0.3 is 0 Å². The zero-order valence-electron chi connectivity index (χ0n) is 35.5. The predicted molar refractivity (Wildman–Crippen MR) is 262 cm³/mol. The molecule has 12 rings (SSSR count). The Bertz CT molecular complexity index is 3700. The number of hydrogen-bond donors (Lipinski definition) is 0. The van der Waals surface area contributed by atoms with Gasteiger partial charge in [-0.15, -0.1) is 0 Å². The molecule has 0 atom stereocenters. The lowest BCUT2D eigenvalue weighted by atomic mass is 9.87. The van der Waals surface area contributed by atoms with Crippen molar-refractivity contribution in [2.45, 2.75) is 40.0 Å². The first kappa shape index (κ1) is 36.3. The van der Waals surface area contributed by atoms with Crippen LogP contribution in [0.2, 0.25) is 0 Å². The van der Waals surface area contributed by atoms with Crippen molar-refractivity contribution in [2.24, 2.45) is 0 Å². The molecule has 62 heavy (non-hydrogen) atoms. The maximum absolute atomic E-state index is 6.87. The number of anilines is 6. The highest BCUT2D eigenvalue weighted by Crippen LogP contribution is 2.50. The van der Waals surface area contributed by atoms with Gasteiger partial charge in [0, 0.05) is 43.7 Å². The molecule has 0 saturated carbocycles. The van der Waals surface area contributed by atoms with Gasteiger partial charge in [0.15, 0.2) is 11.2 Å². The number of para-hydroxylation sites is 5. The average molecular weight is 801 g/mol. The molecule has 2 aromatic heterocycles. The highest BCUT2D eigenvalue weighted by atomic mass is 16.3. The molecule has 0 saturated heterocycles. The molecule has 0 aliphatic heterocycles. The molecular weight excluding hydrogens is 757 g/mol. The fraction of sp³-hybridized carbons (Fsp3) is 0.103. The Morgan fingerprint density at radius 1 is 0.339 bits per heavy atom. The zero-order valence-corrected chi connectivity index (χ0v) is 35.5. The summed E-state index contributed by atoms with van der Waals surface area (Å²) in [6, 6.07) is 63.9. The van der Waals surface area contributed by atoms with Gasteiger partial charge in [0.2, 0.25) is 0 Å². The zero-order chi connectivity index (χ0) is 41.9. The van der Waals surface area contributed by atoms with Gasteiger partial charge in [-0.25, -0.2) is 0 Å². The quantitative estimate of drug-likeness (QED) is 0.157. The Balaban J connectivity index is 1.13. The molecule has 0 radical (unpaired) electrons. The van der Waals surface area contributed by atoms with Crippen LogP contribution in [0.25, 0.3) is 76.2 Å². The minimum absolute atomic E-state index is 0.0207. The van der Waals surface area contributed by atoms with E-state index in [9.17, 15) is 0 Å². The molecule has 10 aromatic carbocycles. The van der Waals surface area contributed by atoms with E-state index < -0.39 is 0 Å². The van der Waals surface area contributed by atoms with E-state index in [4.69, 9.17) is 8.83 Å². The van der Waals surface area contributed by atoms with E-state index in [-0.39, 0.29) is 5.41 Å². The first-order chi connectivity index (χ1) is 30.2. The van der Waals surface area contributed by atoms with Crippen molar-refractivity contribution in [3.63, 3.8) is 0 Å². The van der Waals surface area contributed by atoms with E-state index in [1.807, 2.05) is 0 Å². The van der Waals surface area contributed by atoms with Crippen molar-refractivity contribution in [1.29, 1.82) is 0 Å². The van der Waals surface area contributed by atoms with Crippen LogP contribution in [0.15, 0.2) is 185 Å². The third kappa shape index (κ3) is 5.39. The molecule has 298 valence electrons. The lowest BCUT2D eigenvalue weighted by molar-refractivity contribution is 0.590.